The topological polar surface area (TPSA) is 50.7 Å². The van der Waals surface area contributed by atoms with Gasteiger partial charge in [0, 0.05) is 11.6 Å². The van der Waals surface area contributed by atoms with Gasteiger partial charge in [0.1, 0.15) is 0 Å². The maximum absolute atomic E-state index is 11.1. The van der Waals surface area contributed by atoms with Crippen molar-refractivity contribution < 1.29 is 9.53 Å². The standard InChI is InChI=1S/C12H20N2O2/c1-3-16-12(15)14-13-8(2)11-7-9-4-5-10(11)6-9/h9-11H,3-7H2,1-2H3,(H,14,15)/b13-8+/t9-,10-,11+/m0/s1. The third-order valence-corrected chi connectivity index (χ3v) is 3.87. The Hall–Kier alpha value is -1.06. The van der Waals surface area contributed by atoms with Gasteiger partial charge in [0.15, 0.2) is 0 Å². The van der Waals surface area contributed by atoms with E-state index in [0.29, 0.717) is 12.5 Å². The van der Waals surface area contributed by atoms with Gasteiger partial charge in [-0.2, -0.15) is 5.10 Å². The molecule has 0 unspecified atom stereocenters. The van der Waals surface area contributed by atoms with Crippen LogP contribution in [0.25, 0.3) is 0 Å². The molecule has 2 rings (SSSR count). The number of hydrogen-bond donors (Lipinski definition) is 1. The molecule has 1 amide bonds. The number of carbonyl (C=O) groups excluding carboxylic acids is 1. The molecule has 2 bridgehead atoms. The van der Waals surface area contributed by atoms with Crippen molar-refractivity contribution >= 4 is 11.8 Å². The van der Waals surface area contributed by atoms with Gasteiger partial charge in [-0.3, -0.25) is 0 Å². The molecule has 2 aliphatic carbocycles. The Labute approximate surface area is 96.4 Å². The van der Waals surface area contributed by atoms with Crippen molar-refractivity contribution in [1.29, 1.82) is 0 Å². The normalized spacial score (nSPS) is 32.9. The molecule has 2 saturated carbocycles. The zero-order chi connectivity index (χ0) is 11.5. The lowest BCUT2D eigenvalue weighted by molar-refractivity contribution is 0.152. The van der Waals surface area contributed by atoms with Crippen molar-refractivity contribution in [3.63, 3.8) is 0 Å². The van der Waals surface area contributed by atoms with E-state index in [4.69, 9.17) is 4.74 Å². The molecule has 0 aromatic heterocycles. The number of hydrogen-bond acceptors (Lipinski definition) is 3. The van der Waals surface area contributed by atoms with Crippen LogP contribution in [-0.4, -0.2) is 18.4 Å². The Balaban J connectivity index is 1.85. The number of ether oxygens (including phenoxy) is 1. The van der Waals surface area contributed by atoms with Crippen molar-refractivity contribution in [1.82, 2.24) is 5.43 Å². The number of nitrogens with one attached hydrogen (secondary N) is 1. The van der Waals surface area contributed by atoms with E-state index in [9.17, 15) is 4.79 Å². The summed E-state index contributed by atoms with van der Waals surface area (Å²) in [6, 6.07) is 0. The fraction of sp³-hybridized carbons (Fsp3) is 0.833. The molecule has 0 radical (unpaired) electrons. The van der Waals surface area contributed by atoms with Crippen LogP contribution < -0.4 is 5.43 Å². The Morgan fingerprint density at radius 1 is 1.44 bits per heavy atom. The molecule has 90 valence electrons. The summed E-state index contributed by atoms with van der Waals surface area (Å²) in [6.07, 6.45) is 4.88. The molecule has 0 aromatic rings. The number of nitrogens with zero attached hydrogens (tertiary/aromatic N) is 1. The highest BCUT2D eigenvalue weighted by Crippen LogP contribution is 2.48. The van der Waals surface area contributed by atoms with Gasteiger partial charge in [-0.1, -0.05) is 6.42 Å². The third-order valence-electron chi connectivity index (χ3n) is 3.87. The SMILES string of the molecule is CCOC(=O)N/N=C(\C)[C@H]1C[C@H]2CC[C@H]1C2. The van der Waals surface area contributed by atoms with Gasteiger partial charge >= 0.3 is 6.09 Å². The van der Waals surface area contributed by atoms with E-state index in [1.807, 2.05) is 6.92 Å². The van der Waals surface area contributed by atoms with Crippen LogP contribution in [-0.2, 0) is 4.74 Å². The van der Waals surface area contributed by atoms with Gasteiger partial charge in [0.25, 0.3) is 0 Å². The second kappa shape index (κ2) is 4.85. The summed E-state index contributed by atoms with van der Waals surface area (Å²) in [7, 11) is 0. The smallest absolute Gasteiger partial charge is 0.427 e. The average molecular weight is 224 g/mol. The van der Waals surface area contributed by atoms with E-state index >= 15 is 0 Å². The largest absolute Gasteiger partial charge is 0.449 e. The van der Waals surface area contributed by atoms with Gasteiger partial charge in [-0.15, -0.1) is 0 Å². The molecule has 0 aliphatic heterocycles. The quantitative estimate of drug-likeness (QED) is 0.591. The van der Waals surface area contributed by atoms with Crippen LogP contribution in [0.5, 0.6) is 0 Å². The summed E-state index contributed by atoms with van der Waals surface area (Å²) in [5.74, 6) is 2.29. The van der Waals surface area contributed by atoms with Crippen LogP contribution in [0.2, 0.25) is 0 Å². The average Bonchev–Trinajstić information content (AvgIpc) is 2.88. The summed E-state index contributed by atoms with van der Waals surface area (Å²) in [5, 5.41) is 4.14. The van der Waals surface area contributed by atoms with E-state index < -0.39 is 6.09 Å². The van der Waals surface area contributed by atoms with E-state index in [0.717, 1.165) is 17.5 Å². The lowest BCUT2D eigenvalue weighted by atomic mass is 9.86. The number of amides is 1. The fourth-order valence-electron chi connectivity index (χ4n) is 3.14. The molecule has 0 spiro atoms. The first-order chi connectivity index (χ1) is 7.70. The van der Waals surface area contributed by atoms with E-state index in [-0.39, 0.29) is 0 Å². The molecule has 0 saturated heterocycles. The number of carbonyl (C=O) groups is 1. The van der Waals surface area contributed by atoms with Gasteiger partial charge < -0.3 is 4.74 Å². The van der Waals surface area contributed by atoms with Crippen molar-refractivity contribution in [3.05, 3.63) is 0 Å². The Morgan fingerprint density at radius 2 is 2.25 bits per heavy atom. The monoisotopic (exact) mass is 224 g/mol. The summed E-state index contributed by atoms with van der Waals surface area (Å²) in [6.45, 7) is 4.18. The fourth-order valence-corrected chi connectivity index (χ4v) is 3.14. The zero-order valence-electron chi connectivity index (χ0n) is 10.0. The first-order valence-electron chi connectivity index (χ1n) is 6.17. The van der Waals surface area contributed by atoms with E-state index in [1.165, 1.54) is 25.7 Å². The number of hydrazone groups is 1. The maximum Gasteiger partial charge on any atom is 0.427 e. The van der Waals surface area contributed by atoms with Crippen molar-refractivity contribution in [3.8, 4) is 0 Å². The van der Waals surface area contributed by atoms with Crippen LogP contribution in [0.3, 0.4) is 0 Å². The van der Waals surface area contributed by atoms with Crippen molar-refractivity contribution in [2.45, 2.75) is 39.5 Å². The lowest BCUT2D eigenvalue weighted by Gasteiger charge is -2.21. The number of fused-ring (bicyclic) bond motifs is 2. The second-order valence-electron chi connectivity index (χ2n) is 4.87. The zero-order valence-corrected chi connectivity index (χ0v) is 10.0. The minimum atomic E-state index is -0.454. The second-order valence-corrected chi connectivity index (χ2v) is 4.87. The van der Waals surface area contributed by atoms with E-state index in [1.54, 1.807) is 6.92 Å². The van der Waals surface area contributed by atoms with Crippen LogP contribution in [0.4, 0.5) is 4.79 Å². The van der Waals surface area contributed by atoms with Crippen LogP contribution in [0.15, 0.2) is 5.10 Å². The minimum absolute atomic E-state index is 0.383. The molecule has 1 N–H and O–H groups in total. The van der Waals surface area contributed by atoms with Gasteiger partial charge in [-0.25, -0.2) is 10.2 Å². The molecule has 0 heterocycles. The first-order valence-corrected chi connectivity index (χ1v) is 6.17. The third kappa shape index (κ3) is 2.36. The number of rotatable bonds is 3. The summed E-state index contributed by atoms with van der Waals surface area (Å²) >= 11 is 0. The maximum atomic E-state index is 11.1. The predicted octanol–water partition coefficient (Wildman–Crippen LogP) is 2.54. The molecular formula is C12H20N2O2. The summed E-state index contributed by atoms with van der Waals surface area (Å²) < 4.78 is 4.76. The Bertz CT molecular complexity index is 301. The molecule has 4 heteroatoms. The molecule has 4 nitrogen and oxygen atoms in total. The van der Waals surface area contributed by atoms with Gasteiger partial charge in [-0.05, 0) is 44.9 Å². The molecule has 2 fully saturated rings. The predicted molar refractivity (Wildman–Crippen MR) is 62.2 cm³/mol. The van der Waals surface area contributed by atoms with E-state index in [2.05, 4.69) is 10.5 Å². The summed E-state index contributed by atoms with van der Waals surface area (Å²) in [5.41, 5.74) is 3.50. The molecule has 0 aromatic carbocycles. The summed E-state index contributed by atoms with van der Waals surface area (Å²) in [4.78, 5) is 11.1. The van der Waals surface area contributed by atoms with Crippen LogP contribution in [0.1, 0.15) is 39.5 Å². The minimum Gasteiger partial charge on any atom is -0.449 e. The first kappa shape index (κ1) is 11.4. The Kier molecular flexibility index (Phi) is 3.46. The highest BCUT2D eigenvalue weighted by atomic mass is 16.5. The van der Waals surface area contributed by atoms with Crippen molar-refractivity contribution in [2.75, 3.05) is 6.61 Å². The lowest BCUT2D eigenvalue weighted by Crippen LogP contribution is -2.25. The molecule has 2 aliphatic rings. The molecular weight excluding hydrogens is 204 g/mol. The van der Waals surface area contributed by atoms with Gasteiger partial charge in [0.05, 0.1) is 6.61 Å². The molecule has 16 heavy (non-hydrogen) atoms. The van der Waals surface area contributed by atoms with Crippen molar-refractivity contribution in [2.24, 2.45) is 22.9 Å². The molecule has 3 atom stereocenters. The van der Waals surface area contributed by atoms with Crippen LogP contribution >= 0.6 is 0 Å². The highest BCUT2D eigenvalue weighted by Gasteiger charge is 2.40. The van der Waals surface area contributed by atoms with Crippen LogP contribution in [0, 0.1) is 17.8 Å². The Morgan fingerprint density at radius 3 is 2.81 bits per heavy atom. The highest BCUT2D eigenvalue weighted by molar-refractivity contribution is 5.86. The van der Waals surface area contributed by atoms with Gasteiger partial charge in [0.2, 0.25) is 0 Å².